The van der Waals surface area contributed by atoms with Crippen LogP contribution in [0.3, 0.4) is 0 Å². The molecule has 2 atom stereocenters. The first-order chi connectivity index (χ1) is 25.8. The maximum Gasteiger partial charge on any atom is 0.0316 e. The Kier molecular flexibility index (Phi) is 15.5. The molecule has 0 spiro atoms. The molecule has 0 aromatic heterocycles. The lowest BCUT2D eigenvalue weighted by Gasteiger charge is -2.42. The average Bonchev–Trinajstić information content (AvgIpc) is 3.16. The maximum absolute atomic E-state index is 6.16. The lowest BCUT2D eigenvalue weighted by atomic mass is 9.62. The second-order valence-corrected chi connectivity index (χ2v) is 16.8. The number of hydrogen-bond acceptors (Lipinski definition) is 2. The third-order valence-corrected chi connectivity index (χ3v) is 12.9. The molecule has 0 saturated heterocycles. The summed E-state index contributed by atoms with van der Waals surface area (Å²) in [6.07, 6.45) is 23.8. The van der Waals surface area contributed by atoms with E-state index in [1.807, 2.05) is 0 Å². The van der Waals surface area contributed by atoms with E-state index < -0.39 is 0 Å². The standard InChI is InChI=1S/C51H72N2/c1-6-9-10-11-12-13-14-15-16-19-40-32-34-51(35-33-40,43-24-20-41(21-25-43)49(17-7-2)47-30-28-45(52)36-38(47)4)44-26-22-42(23-27-44)50(18-8-3)48-31-29-46(53)37-39(48)5/h20-31,36-37,40,49-50H,6-19,32-35,52-53H2,1-5H3. The predicted octanol–water partition coefficient (Wildman–Crippen LogP) is 14.7. The molecule has 53 heavy (non-hydrogen) atoms. The molecule has 0 radical (unpaired) electrons. The van der Waals surface area contributed by atoms with Crippen LogP contribution in [-0.2, 0) is 5.41 Å². The van der Waals surface area contributed by atoms with Gasteiger partial charge < -0.3 is 11.5 Å². The SMILES string of the molecule is CCCCCCCCCCCC1CCC(c2ccc(C(CCC)c3ccc(N)cc3C)cc2)(c2ccc(C(CCC)c3ccc(N)cc3C)cc2)CC1. The van der Waals surface area contributed by atoms with Crippen LogP contribution in [0.2, 0.25) is 0 Å². The largest absolute Gasteiger partial charge is 0.399 e. The van der Waals surface area contributed by atoms with Gasteiger partial charge in [0.1, 0.15) is 0 Å². The quantitative estimate of drug-likeness (QED) is 0.0708. The van der Waals surface area contributed by atoms with Crippen LogP contribution in [-0.4, -0.2) is 0 Å². The van der Waals surface area contributed by atoms with Crippen molar-refractivity contribution in [3.8, 4) is 0 Å². The van der Waals surface area contributed by atoms with Crippen molar-refractivity contribution in [2.45, 2.75) is 167 Å². The van der Waals surface area contributed by atoms with Crippen LogP contribution >= 0.6 is 0 Å². The number of anilines is 2. The van der Waals surface area contributed by atoms with Gasteiger partial charge in [0.05, 0.1) is 0 Å². The van der Waals surface area contributed by atoms with E-state index in [1.165, 1.54) is 134 Å². The first kappa shape index (κ1) is 40.7. The zero-order valence-corrected chi connectivity index (χ0v) is 34.2. The van der Waals surface area contributed by atoms with Crippen LogP contribution in [0.5, 0.6) is 0 Å². The van der Waals surface area contributed by atoms with Crippen molar-refractivity contribution in [1.82, 2.24) is 0 Å². The van der Waals surface area contributed by atoms with E-state index in [1.54, 1.807) is 0 Å². The summed E-state index contributed by atoms with van der Waals surface area (Å²) >= 11 is 0. The third kappa shape index (κ3) is 10.6. The van der Waals surface area contributed by atoms with E-state index in [2.05, 4.69) is 120 Å². The highest BCUT2D eigenvalue weighted by Gasteiger charge is 2.38. The minimum absolute atomic E-state index is 0.0563. The van der Waals surface area contributed by atoms with Gasteiger partial charge in [-0.3, -0.25) is 0 Å². The summed E-state index contributed by atoms with van der Waals surface area (Å²) in [5, 5.41) is 0. The molecular formula is C51H72N2. The van der Waals surface area contributed by atoms with Crippen molar-refractivity contribution in [3.05, 3.63) is 129 Å². The number of aryl methyl sites for hydroxylation is 2. The summed E-state index contributed by atoms with van der Waals surface area (Å²) in [4.78, 5) is 0. The zero-order valence-electron chi connectivity index (χ0n) is 34.2. The van der Waals surface area contributed by atoms with E-state index >= 15 is 0 Å². The highest BCUT2D eigenvalue weighted by molar-refractivity contribution is 5.51. The predicted molar refractivity (Wildman–Crippen MR) is 232 cm³/mol. The lowest BCUT2D eigenvalue weighted by Crippen LogP contribution is -2.33. The van der Waals surface area contributed by atoms with Gasteiger partial charge in [0, 0.05) is 28.6 Å². The van der Waals surface area contributed by atoms with E-state index in [0.717, 1.165) is 43.0 Å². The van der Waals surface area contributed by atoms with Crippen molar-refractivity contribution in [2.24, 2.45) is 5.92 Å². The second kappa shape index (κ2) is 20.2. The highest BCUT2D eigenvalue weighted by atomic mass is 14.5. The molecule has 2 unspecified atom stereocenters. The van der Waals surface area contributed by atoms with Crippen LogP contribution in [0.4, 0.5) is 11.4 Å². The molecule has 2 heteroatoms. The van der Waals surface area contributed by atoms with Crippen molar-refractivity contribution in [2.75, 3.05) is 11.5 Å². The molecule has 4 aromatic rings. The molecule has 1 saturated carbocycles. The first-order valence-corrected chi connectivity index (χ1v) is 21.7. The number of rotatable bonds is 20. The van der Waals surface area contributed by atoms with Crippen LogP contribution in [0, 0.1) is 19.8 Å². The molecule has 0 bridgehead atoms. The van der Waals surface area contributed by atoms with Crippen LogP contribution < -0.4 is 11.5 Å². The zero-order chi connectivity index (χ0) is 37.6. The number of nitrogen functional groups attached to an aromatic ring is 2. The fraction of sp³-hybridized carbons (Fsp3) is 0.529. The third-order valence-electron chi connectivity index (χ3n) is 12.9. The number of benzene rings is 4. The van der Waals surface area contributed by atoms with Crippen molar-refractivity contribution >= 4 is 11.4 Å². The van der Waals surface area contributed by atoms with Crippen molar-refractivity contribution in [1.29, 1.82) is 0 Å². The van der Waals surface area contributed by atoms with Crippen molar-refractivity contribution < 1.29 is 0 Å². The summed E-state index contributed by atoms with van der Waals surface area (Å²) in [7, 11) is 0. The summed E-state index contributed by atoms with van der Waals surface area (Å²) in [6.45, 7) is 11.4. The maximum atomic E-state index is 6.16. The molecule has 1 aliphatic carbocycles. The molecule has 1 aliphatic rings. The van der Waals surface area contributed by atoms with E-state index in [0.29, 0.717) is 11.8 Å². The molecule has 0 heterocycles. The van der Waals surface area contributed by atoms with Gasteiger partial charge in [-0.15, -0.1) is 0 Å². The topological polar surface area (TPSA) is 52.0 Å². The molecule has 2 nitrogen and oxygen atoms in total. The highest BCUT2D eigenvalue weighted by Crippen LogP contribution is 2.48. The lowest BCUT2D eigenvalue weighted by molar-refractivity contribution is 0.250. The number of hydrogen-bond donors (Lipinski definition) is 2. The van der Waals surface area contributed by atoms with Gasteiger partial charge in [0.15, 0.2) is 0 Å². The van der Waals surface area contributed by atoms with Crippen LogP contribution in [0.1, 0.15) is 193 Å². The fourth-order valence-corrected chi connectivity index (χ4v) is 9.78. The minimum atomic E-state index is 0.0563. The molecule has 1 fully saturated rings. The van der Waals surface area contributed by atoms with Gasteiger partial charge >= 0.3 is 0 Å². The van der Waals surface area contributed by atoms with Crippen molar-refractivity contribution in [3.63, 3.8) is 0 Å². The summed E-state index contributed by atoms with van der Waals surface area (Å²) in [6, 6.07) is 32.7. The molecule has 286 valence electrons. The normalized spacial score (nSPS) is 18.5. The Morgan fingerprint density at radius 1 is 0.528 bits per heavy atom. The Balaban J connectivity index is 1.37. The Morgan fingerprint density at radius 2 is 0.943 bits per heavy atom. The fourth-order valence-electron chi connectivity index (χ4n) is 9.78. The molecule has 5 rings (SSSR count). The minimum Gasteiger partial charge on any atom is -0.399 e. The first-order valence-electron chi connectivity index (χ1n) is 21.7. The molecule has 4 N–H and O–H groups in total. The van der Waals surface area contributed by atoms with Crippen LogP contribution in [0.15, 0.2) is 84.9 Å². The Bertz CT molecular complexity index is 1550. The summed E-state index contributed by atoms with van der Waals surface area (Å²) in [5.41, 5.74) is 25.3. The molecular weight excluding hydrogens is 641 g/mol. The summed E-state index contributed by atoms with van der Waals surface area (Å²) in [5.74, 6) is 1.64. The second-order valence-electron chi connectivity index (χ2n) is 16.8. The van der Waals surface area contributed by atoms with Gasteiger partial charge in [-0.1, -0.05) is 158 Å². The van der Waals surface area contributed by atoms with Gasteiger partial charge in [-0.2, -0.15) is 0 Å². The summed E-state index contributed by atoms with van der Waals surface area (Å²) < 4.78 is 0. The number of unbranched alkanes of at least 4 members (excludes halogenated alkanes) is 8. The Morgan fingerprint density at radius 3 is 1.34 bits per heavy atom. The van der Waals surface area contributed by atoms with Gasteiger partial charge in [0.2, 0.25) is 0 Å². The Labute approximate surface area is 324 Å². The van der Waals surface area contributed by atoms with E-state index in [9.17, 15) is 0 Å². The van der Waals surface area contributed by atoms with Gasteiger partial charge in [-0.25, -0.2) is 0 Å². The smallest absolute Gasteiger partial charge is 0.0316 e. The molecule has 4 aromatic carbocycles. The van der Waals surface area contributed by atoms with Gasteiger partial charge in [-0.05, 0) is 127 Å². The van der Waals surface area contributed by atoms with Crippen LogP contribution in [0.25, 0.3) is 0 Å². The molecule has 0 amide bonds. The van der Waals surface area contributed by atoms with E-state index in [-0.39, 0.29) is 5.41 Å². The van der Waals surface area contributed by atoms with E-state index in [4.69, 9.17) is 11.5 Å². The molecule has 0 aliphatic heterocycles. The monoisotopic (exact) mass is 713 g/mol. The Hall–Kier alpha value is -3.52. The average molecular weight is 713 g/mol. The number of nitrogens with two attached hydrogens (primary N) is 2. The van der Waals surface area contributed by atoms with Gasteiger partial charge in [0.25, 0.3) is 0 Å².